The summed E-state index contributed by atoms with van der Waals surface area (Å²) >= 11 is 0. The molecule has 126 valence electrons. The van der Waals surface area contributed by atoms with Crippen molar-refractivity contribution in [2.45, 2.75) is 44.9 Å². The maximum absolute atomic E-state index is 12.5. The number of rotatable bonds is 3. The molecule has 3 heteroatoms. The minimum absolute atomic E-state index is 0.0149. The van der Waals surface area contributed by atoms with E-state index >= 15 is 0 Å². The van der Waals surface area contributed by atoms with Crippen molar-refractivity contribution < 1.29 is 9.21 Å². The summed E-state index contributed by atoms with van der Waals surface area (Å²) in [6.45, 7) is 0. The summed E-state index contributed by atoms with van der Waals surface area (Å²) < 4.78 is 5.71. The molecule has 2 aliphatic rings. The van der Waals surface area contributed by atoms with Crippen molar-refractivity contribution in [3.05, 3.63) is 64.4 Å². The zero-order chi connectivity index (χ0) is 16.8. The number of furan rings is 1. The van der Waals surface area contributed by atoms with Crippen LogP contribution in [0.2, 0.25) is 0 Å². The van der Waals surface area contributed by atoms with Crippen LogP contribution in [0.1, 0.15) is 40.7 Å². The van der Waals surface area contributed by atoms with Gasteiger partial charge in [0, 0.05) is 16.6 Å². The second kappa shape index (κ2) is 5.76. The van der Waals surface area contributed by atoms with Crippen LogP contribution in [-0.4, -0.2) is 5.91 Å². The van der Waals surface area contributed by atoms with E-state index < -0.39 is 0 Å². The Kier molecular flexibility index (Phi) is 3.40. The van der Waals surface area contributed by atoms with Crippen molar-refractivity contribution in [3.63, 3.8) is 0 Å². The number of amides is 1. The van der Waals surface area contributed by atoms with Crippen molar-refractivity contribution in [1.29, 1.82) is 0 Å². The molecule has 2 aliphatic carbocycles. The molecule has 0 radical (unpaired) electrons. The van der Waals surface area contributed by atoms with E-state index in [2.05, 4.69) is 29.6 Å². The van der Waals surface area contributed by atoms with Crippen molar-refractivity contribution in [2.75, 3.05) is 5.32 Å². The van der Waals surface area contributed by atoms with E-state index in [0.717, 1.165) is 47.9 Å². The Hall–Kier alpha value is -2.55. The third-order valence-corrected chi connectivity index (χ3v) is 5.60. The first-order valence-corrected chi connectivity index (χ1v) is 9.20. The minimum Gasteiger partial charge on any atom is -0.464 e. The number of fused-ring (bicyclic) bond motifs is 3. The van der Waals surface area contributed by atoms with Crippen molar-refractivity contribution >= 4 is 22.6 Å². The van der Waals surface area contributed by atoms with Gasteiger partial charge < -0.3 is 9.73 Å². The first-order chi connectivity index (χ1) is 12.3. The Morgan fingerprint density at radius 3 is 2.48 bits per heavy atom. The first-order valence-electron chi connectivity index (χ1n) is 9.20. The van der Waals surface area contributed by atoms with Gasteiger partial charge in [0.2, 0.25) is 5.91 Å². The van der Waals surface area contributed by atoms with Crippen LogP contribution in [0.3, 0.4) is 0 Å². The van der Waals surface area contributed by atoms with Crippen molar-refractivity contribution in [1.82, 2.24) is 0 Å². The number of hydrogen-bond acceptors (Lipinski definition) is 2. The monoisotopic (exact) mass is 331 g/mol. The second-order valence-corrected chi connectivity index (χ2v) is 7.29. The Bertz CT molecular complexity index is 983. The first kappa shape index (κ1) is 14.8. The molecule has 0 bridgehead atoms. The Morgan fingerprint density at radius 1 is 0.920 bits per heavy atom. The quantitative estimate of drug-likeness (QED) is 0.762. The average molecular weight is 331 g/mol. The van der Waals surface area contributed by atoms with Gasteiger partial charge in [0.25, 0.3) is 0 Å². The van der Waals surface area contributed by atoms with Gasteiger partial charge in [-0.2, -0.15) is 0 Å². The molecule has 0 saturated heterocycles. The van der Waals surface area contributed by atoms with Gasteiger partial charge in [-0.1, -0.05) is 6.07 Å². The van der Waals surface area contributed by atoms with Gasteiger partial charge in [0.1, 0.15) is 5.58 Å². The van der Waals surface area contributed by atoms with E-state index in [0.29, 0.717) is 6.42 Å². The third kappa shape index (κ3) is 2.64. The number of carbonyl (C=O) groups excluding carboxylic acids is 1. The average Bonchev–Trinajstić information content (AvgIpc) is 3.32. The molecule has 1 heterocycles. The maximum Gasteiger partial charge on any atom is 0.228 e. The summed E-state index contributed by atoms with van der Waals surface area (Å²) in [6.07, 6.45) is 9.09. The Morgan fingerprint density at radius 2 is 1.64 bits per heavy atom. The highest BCUT2D eigenvalue weighted by Gasteiger charge is 2.17. The van der Waals surface area contributed by atoms with E-state index in [1.807, 2.05) is 6.07 Å². The lowest BCUT2D eigenvalue weighted by Gasteiger charge is -2.07. The Labute approximate surface area is 147 Å². The molecule has 0 unspecified atom stereocenters. The number of aryl methyl sites for hydroxylation is 4. The van der Waals surface area contributed by atoms with Gasteiger partial charge in [0.15, 0.2) is 0 Å². The molecule has 0 aliphatic heterocycles. The molecule has 2 aromatic carbocycles. The van der Waals surface area contributed by atoms with Gasteiger partial charge in [-0.15, -0.1) is 0 Å². The van der Waals surface area contributed by atoms with Crippen LogP contribution in [0.25, 0.3) is 11.0 Å². The summed E-state index contributed by atoms with van der Waals surface area (Å²) in [7, 11) is 0. The smallest absolute Gasteiger partial charge is 0.228 e. The van der Waals surface area contributed by atoms with E-state index in [4.69, 9.17) is 4.42 Å². The minimum atomic E-state index is 0.0149. The van der Waals surface area contributed by atoms with Crippen molar-refractivity contribution in [2.24, 2.45) is 0 Å². The molecule has 3 aromatic rings. The Balaban J connectivity index is 1.36. The SMILES string of the molecule is O=C(Cc1coc2cc3c(cc12)CCC3)Nc1ccc2c(c1)CCC2. The highest BCUT2D eigenvalue weighted by Crippen LogP contribution is 2.31. The van der Waals surface area contributed by atoms with Gasteiger partial charge in [-0.05, 0) is 85.0 Å². The molecule has 1 amide bonds. The molecule has 0 atom stereocenters. The predicted molar refractivity (Wildman–Crippen MR) is 99.0 cm³/mol. The summed E-state index contributed by atoms with van der Waals surface area (Å²) in [4.78, 5) is 12.5. The number of carbonyl (C=O) groups is 1. The third-order valence-electron chi connectivity index (χ3n) is 5.60. The highest BCUT2D eigenvalue weighted by atomic mass is 16.3. The van der Waals surface area contributed by atoms with Crippen LogP contribution in [0.15, 0.2) is 41.0 Å². The zero-order valence-corrected chi connectivity index (χ0v) is 14.2. The van der Waals surface area contributed by atoms with E-state index in [1.54, 1.807) is 6.26 Å². The number of nitrogens with one attached hydrogen (secondary N) is 1. The largest absolute Gasteiger partial charge is 0.464 e. The summed E-state index contributed by atoms with van der Waals surface area (Å²) in [5, 5.41) is 4.13. The lowest BCUT2D eigenvalue weighted by Crippen LogP contribution is -2.14. The van der Waals surface area contributed by atoms with Crippen LogP contribution < -0.4 is 5.32 Å². The van der Waals surface area contributed by atoms with Crippen LogP contribution in [0, 0.1) is 0 Å². The molecular formula is C22H21NO2. The van der Waals surface area contributed by atoms with Crippen LogP contribution in [0.5, 0.6) is 0 Å². The number of benzene rings is 2. The highest BCUT2D eigenvalue weighted by molar-refractivity contribution is 5.95. The molecule has 3 nitrogen and oxygen atoms in total. The van der Waals surface area contributed by atoms with Gasteiger partial charge in [-0.3, -0.25) is 4.79 Å². The molecule has 25 heavy (non-hydrogen) atoms. The topological polar surface area (TPSA) is 42.2 Å². The second-order valence-electron chi connectivity index (χ2n) is 7.29. The predicted octanol–water partition coefficient (Wildman–Crippen LogP) is 4.59. The van der Waals surface area contributed by atoms with Gasteiger partial charge >= 0.3 is 0 Å². The molecular weight excluding hydrogens is 310 g/mol. The molecule has 0 saturated carbocycles. The molecule has 1 N–H and O–H groups in total. The molecule has 5 rings (SSSR count). The van der Waals surface area contributed by atoms with E-state index in [9.17, 15) is 4.79 Å². The number of hydrogen-bond donors (Lipinski definition) is 1. The lowest BCUT2D eigenvalue weighted by atomic mass is 10.0. The maximum atomic E-state index is 12.5. The summed E-state index contributed by atoms with van der Waals surface area (Å²) in [5.41, 5.74) is 8.39. The lowest BCUT2D eigenvalue weighted by molar-refractivity contribution is -0.115. The zero-order valence-electron chi connectivity index (χ0n) is 14.2. The molecule has 0 fully saturated rings. The van der Waals surface area contributed by atoms with E-state index in [-0.39, 0.29) is 5.91 Å². The molecule has 0 spiro atoms. The summed E-state index contributed by atoms with van der Waals surface area (Å²) in [6, 6.07) is 10.7. The van der Waals surface area contributed by atoms with Crippen LogP contribution in [0.4, 0.5) is 5.69 Å². The fraction of sp³-hybridized carbons (Fsp3) is 0.318. The fourth-order valence-corrected chi connectivity index (χ4v) is 4.31. The van der Waals surface area contributed by atoms with E-state index in [1.165, 1.54) is 35.1 Å². The van der Waals surface area contributed by atoms with Crippen LogP contribution in [-0.2, 0) is 36.9 Å². The normalized spacial score (nSPS) is 15.4. The van der Waals surface area contributed by atoms with Crippen molar-refractivity contribution in [3.8, 4) is 0 Å². The molecule has 1 aromatic heterocycles. The fourth-order valence-electron chi connectivity index (χ4n) is 4.31. The summed E-state index contributed by atoms with van der Waals surface area (Å²) in [5.74, 6) is 0.0149. The van der Waals surface area contributed by atoms with Gasteiger partial charge in [-0.25, -0.2) is 0 Å². The number of anilines is 1. The standard InChI is InChI=1S/C22H21NO2/c24-22(23-19-8-7-14-3-1-4-15(14)9-19)12-18-13-25-21-11-17-6-2-5-16(17)10-20(18)21/h7-11,13H,1-6,12H2,(H,23,24). The van der Waals surface area contributed by atoms with Gasteiger partial charge in [0.05, 0.1) is 12.7 Å². The van der Waals surface area contributed by atoms with Crippen LogP contribution >= 0.6 is 0 Å².